The average Bonchev–Trinajstić information content (AvgIpc) is 3.38. The molecule has 2 aliphatic rings. The van der Waals surface area contributed by atoms with Crippen LogP contribution in [0, 0.1) is 5.92 Å². The quantitative estimate of drug-likeness (QED) is 0.602. The molecule has 1 aliphatic heterocycles. The fourth-order valence-electron chi connectivity index (χ4n) is 3.76. The number of benzene rings is 1. The molecule has 0 radical (unpaired) electrons. The van der Waals surface area contributed by atoms with Gasteiger partial charge in [-0.15, -0.1) is 0 Å². The maximum Gasteiger partial charge on any atom is 0.0857 e. The summed E-state index contributed by atoms with van der Waals surface area (Å²) in [6, 6.07) is 6.15. The van der Waals surface area contributed by atoms with E-state index in [1.807, 2.05) is 26.0 Å². The molecule has 1 saturated carbocycles. The summed E-state index contributed by atoms with van der Waals surface area (Å²) in [5.41, 5.74) is 3.21. The number of hydrogen-bond donors (Lipinski definition) is 1. The van der Waals surface area contributed by atoms with Crippen molar-refractivity contribution in [2.75, 3.05) is 0 Å². The first kappa shape index (κ1) is 19.7. The van der Waals surface area contributed by atoms with Crippen LogP contribution >= 0.6 is 11.6 Å². The van der Waals surface area contributed by atoms with Crippen molar-refractivity contribution >= 4 is 11.6 Å². The van der Waals surface area contributed by atoms with E-state index in [2.05, 4.69) is 31.2 Å². The predicted molar refractivity (Wildman–Crippen MR) is 109 cm³/mol. The smallest absolute Gasteiger partial charge is 0.0857 e. The Balaban J connectivity index is 1.73. The number of aliphatic hydroxyl groups excluding tert-OH is 1. The first-order valence-electron chi connectivity index (χ1n) is 9.82. The molecule has 1 aromatic carbocycles. The van der Waals surface area contributed by atoms with Crippen LogP contribution in [0.25, 0.3) is 0 Å². The molecule has 2 unspecified atom stereocenters. The third kappa shape index (κ3) is 5.45. The Kier molecular flexibility index (Phi) is 6.27. The summed E-state index contributed by atoms with van der Waals surface area (Å²) in [4.78, 5) is 0. The van der Waals surface area contributed by atoms with Crippen molar-refractivity contribution in [3.05, 3.63) is 58.1 Å². The lowest BCUT2D eigenvalue weighted by Gasteiger charge is -2.39. The van der Waals surface area contributed by atoms with E-state index >= 15 is 0 Å². The number of halogens is 1. The molecule has 1 heterocycles. The molecule has 0 spiro atoms. The summed E-state index contributed by atoms with van der Waals surface area (Å²) in [7, 11) is 0. The molecule has 3 heteroatoms. The van der Waals surface area contributed by atoms with E-state index in [-0.39, 0.29) is 17.8 Å². The van der Waals surface area contributed by atoms with Gasteiger partial charge in [0.05, 0.1) is 17.8 Å². The number of aliphatic hydroxyl groups is 1. The van der Waals surface area contributed by atoms with E-state index in [0.717, 1.165) is 28.5 Å². The van der Waals surface area contributed by atoms with E-state index in [0.29, 0.717) is 12.8 Å². The Morgan fingerprint density at radius 1 is 1.35 bits per heavy atom. The van der Waals surface area contributed by atoms with E-state index < -0.39 is 0 Å². The molecule has 142 valence electrons. The highest BCUT2D eigenvalue weighted by Gasteiger charge is 2.34. The maximum absolute atomic E-state index is 10.2. The van der Waals surface area contributed by atoms with E-state index in [1.54, 1.807) is 0 Å². The summed E-state index contributed by atoms with van der Waals surface area (Å²) in [5.74, 6) is 0.912. The average molecular weight is 375 g/mol. The minimum Gasteiger partial charge on any atom is -0.393 e. The molecule has 26 heavy (non-hydrogen) atoms. The lowest BCUT2D eigenvalue weighted by Crippen LogP contribution is -2.38. The van der Waals surface area contributed by atoms with Gasteiger partial charge in [-0.25, -0.2) is 0 Å². The predicted octanol–water partition coefficient (Wildman–Crippen LogP) is 6.18. The van der Waals surface area contributed by atoms with Gasteiger partial charge < -0.3 is 9.84 Å². The number of ether oxygens (including phenoxy) is 1. The number of rotatable bonds is 6. The Labute approximate surface area is 162 Å². The Hall–Kier alpha value is -1.09. The second kappa shape index (κ2) is 8.29. The van der Waals surface area contributed by atoms with Crippen LogP contribution in [0.3, 0.4) is 0 Å². The highest BCUT2D eigenvalue weighted by Crippen LogP contribution is 2.38. The Morgan fingerprint density at radius 2 is 2.12 bits per heavy atom. The van der Waals surface area contributed by atoms with Crippen molar-refractivity contribution in [2.24, 2.45) is 5.92 Å². The zero-order valence-electron chi connectivity index (χ0n) is 16.2. The summed E-state index contributed by atoms with van der Waals surface area (Å²) in [6.45, 7) is 6.17. The fourth-order valence-corrected chi connectivity index (χ4v) is 3.94. The molecule has 0 aromatic heterocycles. The molecule has 0 bridgehead atoms. The molecule has 2 fully saturated rings. The van der Waals surface area contributed by atoms with Crippen molar-refractivity contribution in [1.82, 2.24) is 0 Å². The van der Waals surface area contributed by atoms with Crippen molar-refractivity contribution in [1.29, 1.82) is 0 Å². The van der Waals surface area contributed by atoms with Crippen LogP contribution in [-0.4, -0.2) is 16.8 Å². The van der Waals surface area contributed by atoms with Crippen LogP contribution in [0.1, 0.15) is 70.1 Å². The monoisotopic (exact) mass is 374 g/mol. The molecular weight excluding hydrogens is 344 g/mol. The molecule has 1 aliphatic carbocycles. The van der Waals surface area contributed by atoms with Gasteiger partial charge in [-0.3, -0.25) is 0 Å². The van der Waals surface area contributed by atoms with E-state index in [1.165, 1.54) is 24.8 Å². The van der Waals surface area contributed by atoms with Crippen molar-refractivity contribution in [3.8, 4) is 0 Å². The Bertz CT molecular complexity index is 685. The zero-order chi connectivity index (χ0) is 18.7. The molecule has 2 atom stereocenters. The second-order valence-corrected chi connectivity index (χ2v) is 8.84. The third-order valence-electron chi connectivity index (χ3n) is 5.38. The largest absolute Gasteiger partial charge is 0.393 e. The van der Waals surface area contributed by atoms with Gasteiger partial charge in [0, 0.05) is 17.9 Å². The standard InChI is InChI=1S/C23H31ClO2/c1-4-16(6-5-7-17-8-9-17)12-19-13-18(10-11-21(19)24)22-14-20(25)15-23(2,3)26-22/h4-6,10-11,13,17,20,22,25H,7-9,12,14-15H2,1-3H3. The summed E-state index contributed by atoms with van der Waals surface area (Å²) in [6.07, 6.45) is 12.4. The van der Waals surface area contributed by atoms with Gasteiger partial charge in [0.15, 0.2) is 0 Å². The van der Waals surface area contributed by atoms with Gasteiger partial charge in [0.1, 0.15) is 0 Å². The van der Waals surface area contributed by atoms with Gasteiger partial charge in [0.25, 0.3) is 0 Å². The van der Waals surface area contributed by atoms with Crippen LogP contribution in [0.15, 0.2) is 42.0 Å². The van der Waals surface area contributed by atoms with Crippen LogP contribution in [0.2, 0.25) is 5.02 Å². The molecule has 3 rings (SSSR count). The van der Waals surface area contributed by atoms with Gasteiger partial charge in [0.2, 0.25) is 0 Å². The maximum atomic E-state index is 10.2. The van der Waals surface area contributed by atoms with Crippen LogP contribution < -0.4 is 0 Å². The van der Waals surface area contributed by atoms with Crippen molar-refractivity contribution in [3.63, 3.8) is 0 Å². The molecular formula is C23H31ClO2. The lowest BCUT2D eigenvalue weighted by atomic mass is 9.89. The van der Waals surface area contributed by atoms with Crippen LogP contribution in [-0.2, 0) is 11.2 Å². The van der Waals surface area contributed by atoms with Gasteiger partial charge in [-0.05, 0) is 75.1 Å². The minimum atomic E-state index is -0.320. The number of hydrogen-bond acceptors (Lipinski definition) is 2. The summed E-state index contributed by atoms with van der Waals surface area (Å²) >= 11 is 6.47. The molecule has 0 amide bonds. The van der Waals surface area contributed by atoms with Crippen molar-refractivity contribution < 1.29 is 9.84 Å². The molecule has 1 aromatic rings. The topological polar surface area (TPSA) is 29.5 Å². The van der Waals surface area contributed by atoms with Crippen LogP contribution in [0.4, 0.5) is 0 Å². The highest BCUT2D eigenvalue weighted by atomic mass is 35.5. The van der Waals surface area contributed by atoms with Gasteiger partial charge in [-0.1, -0.05) is 42.0 Å². The zero-order valence-corrected chi connectivity index (χ0v) is 16.9. The lowest BCUT2D eigenvalue weighted by molar-refractivity contribution is -0.146. The number of allylic oxidation sites excluding steroid dienone is 4. The first-order chi connectivity index (χ1) is 12.4. The highest BCUT2D eigenvalue weighted by molar-refractivity contribution is 6.31. The molecule has 1 N–H and O–H groups in total. The first-order valence-corrected chi connectivity index (χ1v) is 10.2. The van der Waals surface area contributed by atoms with E-state index in [4.69, 9.17) is 16.3 Å². The Morgan fingerprint density at radius 3 is 2.77 bits per heavy atom. The fraction of sp³-hybridized carbons (Fsp3) is 0.565. The van der Waals surface area contributed by atoms with Crippen molar-refractivity contribution in [2.45, 2.75) is 77.1 Å². The SMILES string of the molecule is CC=C(C=CCC1CC1)Cc1cc(C2CC(O)CC(C)(C)O2)ccc1Cl. The normalized spacial score (nSPS) is 26.4. The van der Waals surface area contributed by atoms with Crippen LogP contribution in [0.5, 0.6) is 0 Å². The summed E-state index contributed by atoms with van der Waals surface area (Å²) < 4.78 is 6.22. The van der Waals surface area contributed by atoms with E-state index in [9.17, 15) is 5.11 Å². The molecule has 1 saturated heterocycles. The third-order valence-corrected chi connectivity index (χ3v) is 5.75. The van der Waals surface area contributed by atoms with Gasteiger partial charge >= 0.3 is 0 Å². The minimum absolute atomic E-state index is 0.0794. The molecule has 2 nitrogen and oxygen atoms in total. The summed E-state index contributed by atoms with van der Waals surface area (Å²) in [5, 5.41) is 11.0. The van der Waals surface area contributed by atoms with Gasteiger partial charge in [-0.2, -0.15) is 0 Å². The second-order valence-electron chi connectivity index (χ2n) is 8.43.